The largest absolute Gasteiger partial charge is 0.493 e. The number of nitrogens with one attached hydrogen (secondary N) is 1. The van der Waals surface area contributed by atoms with Crippen LogP contribution in [0, 0.1) is 0 Å². The van der Waals surface area contributed by atoms with Crippen LogP contribution in [0.25, 0.3) is 11.0 Å². The summed E-state index contributed by atoms with van der Waals surface area (Å²) in [5.41, 5.74) is 0.806. The molecule has 0 amide bonds. The van der Waals surface area contributed by atoms with Gasteiger partial charge in [0.25, 0.3) is 0 Å². The Labute approximate surface area is 153 Å². The Bertz CT molecular complexity index is 834. The fourth-order valence-electron chi connectivity index (χ4n) is 3.76. The van der Waals surface area contributed by atoms with E-state index in [1.165, 1.54) is 12.8 Å². The van der Waals surface area contributed by atoms with Crippen molar-refractivity contribution in [3.8, 4) is 5.75 Å². The standard InChI is InChI=1S/C21H26N2O3/c1-15(20-13-16-7-5-8-19(24-2)21(16)26-20)22-14-17(18-9-6-12-25-18)23-10-3-4-11-23/h5-9,12-13,15,17,22H,3-4,10-11,14H2,1-2H3. The average Bonchev–Trinajstić information content (AvgIpc) is 3.41. The Hall–Kier alpha value is -2.24. The van der Waals surface area contributed by atoms with Crippen LogP contribution in [0.3, 0.4) is 0 Å². The highest BCUT2D eigenvalue weighted by Crippen LogP contribution is 2.31. The third-order valence-electron chi connectivity index (χ3n) is 5.24. The zero-order chi connectivity index (χ0) is 17.9. The summed E-state index contributed by atoms with van der Waals surface area (Å²) in [6, 6.07) is 12.4. The van der Waals surface area contributed by atoms with Crippen LogP contribution in [0.2, 0.25) is 0 Å². The van der Waals surface area contributed by atoms with Gasteiger partial charge in [-0.2, -0.15) is 0 Å². The Morgan fingerprint density at radius 2 is 2.00 bits per heavy atom. The minimum atomic E-state index is 0.104. The molecule has 1 aliphatic rings. The molecular weight excluding hydrogens is 328 g/mol. The highest BCUT2D eigenvalue weighted by molar-refractivity contribution is 5.83. The molecule has 5 heteroatoms. The van der Waals surface area contributed by atoms with Crippen LogP contribution in [-0.4, -0.2) is 31.6 Å². The molecule has 0 bridgehead atoms. The summed E-state index contributed by atoms with van der Waals surface area (Å²) in [7, 11) is 1.67. The second-order valence-corrected chi connectivity index (χ2v) is 6.93. The number of likely N-dealkylation sites (tertiary alicyclic amines) is 1. The summed E-state index contributed by atoms with van der Waals surface area (Å²) >= 11 is 0. The lowest BCUT2D eigenvalue weighted by atomic mass is 10.1. The predicted molar refractivity (Wildman–Crippen MR) is 101 cm³/mol. The maximum absolute atomic E-state index is 6.08. The van der Waals surface area contributed by atoms with Gasteiger partial charge in [0.15, 0.2) is 11.3 Å². The molecule has 2 atom stereocenters. The molecule has 5 nitrogen and oxygen atoms in total. The second kappa shape index (κ2) is 7.56. The SMILES string of the molecule is COc1cccc2cc(C(C)NCC(c3ccco3)N3CCCC3)oc12. The minimum absolute atomic E-state index is 0.104. The summed E-state index contributed by atoms with van der Waals surface area (Å²) in [5.74, 6) is 2.72. The van der Waals surface area contributed by atoms with Crippen molar-refractivity contribution in [2.45, 2.75) is 31.8 Å². The lowest BCUT2D eigenvalue weighted by Crippen LogP contribution is -2.34. The Balaban J connectivity index is 1.49. The van der Waals surface area contributed by atoms with Gasteiger partial charge in [0.05, 0.1) is 25.5 Å². The minimum Gasteiger partial charge on any atom is -0.493 e. The predicted octanol–water partition coefficient (Wildman–Crippen LogP) is 4.52. The molecule has 1 aliphatic heterocycles. The molecule has 1 fully saturated rings. The van der Waals surface area contributed by atoms with Crippen LogP contribution >= 0.6 is 0 Å². The fraction of sp³-hybridized carbons (Fsp3) is 0.429. The number of para-hydroxylation sites is 1. The molecule has 0 aliphatic carbocycles. The van der Waals surface area contributed by atoms with Gasteiger partial charge in [-0.1, -0.05) is 12.1 Å². The molecule has 1 N–H and O–H groups in total. The molecule has 3 aromatic rings. The van der Waals surface area contributed by atoms with E-state index < -0.39 is 0 Å². The van der Waals surface area contributed by atoms with Gasteiger partial charge >= 0.3 is 0 Å². The Morgan fingerprint density at radius 1 is 1.15 bits per heavy atom. The molecule has 0 radical (unpaired) electrons. The smallest absolute Gasteiger partial charge is 0.176 e. The van der Waals surface area contributed by atoms with Crippen molar-refractivity contribution >= 4 is 11.0 Å². The van der Waals surface area contributed by atoms with Crippen molar-refractivity contribution < 1.29 is 13.6 Å². The van der Waals surface area contributed by atoms with E-state index in [4.69, 9.17) is 13.6 Å². The number of benzene rings is 1. The van der Waals surface area contributed by atoms with Gasteiger partial charge in [-0.3, -0.25) is 4.90 Å². The van der Waals surface area contributed by atoms with Gasteiger partial charge in [-0.15, -0.1) is 0 Å². The molecule has 2 unspecified atom stereocenters. The van der Waals surface area contributed by atoms with Crippen molar-refractivity contribution in [2.24, 2.45) is 0 Å². The lowest BCUT2D eigenvalue weighted by Gasteiger charge is -2.27. The van der Waals surface area contributed by atoms with Crippen LogP contribution in [0.15, 0.2) is 51.5 Å². The van der Waals surface area contributed by atoms with Crippen LogP contribution < -0.4 is 10.1 Å². The molecule has 0 spiro atoms. The van der Waals surface area contributed by atoms with Gasteiger partial charge in [-0.25, -0.2) is 0 Å². The highest BCUT2D eigenvalue weighted by Gasteiger charge is 2.26. The third-order valence-corrected chi connectivity index (χ3v) is 5.24. The fourth-order valence-corrected chi connectivity index (χ4v) is 3.76. The quantitative estimate of drug-likeness (QED) is 0.676. The Kier molecular flexibility index (Phi) is 5.00. The van der Waals surface area contributed by atoms with Crippen molar-refractivity contribution in [1.82, 2.24) is 10.2 Å². The van der Waals surface area contributed by atoms with Crippen LogP contribution in [0.1, 0.15) is 43.4 Å². The van der Waals surface area contributed by atoms with Crippen LogP contribution in [0.4, 0.5) is 0 Å². The van der Waals surface area contributed by atoms with Crippen LogP contribution in [0.5, 0.6) is 5.75 Å². The van der Waals surface area contributed by atoms with Gasteiger partial charge in [-0.05, 0) is 57.1 Å². The van der Waals surface area contributed by atoms with E-state index in [9.17, 15) is 0 Å². The summed E-state index contributed by atoms with van der Waals surface area (Å²) < 4.78 is 17.2. The van der Waals surface area contributed by atoms with E-state index in [0.717, 1.165) is 47.9 Å². The second-order valence-electron chi connectivity index (χ2n) is 6.93. The molecule has 2 aromatic heterocycles. The number of rotatable bonds is 7. The number of hydrogen-bond donors (Lipinski definition) is 1. The Morgan fingerprint density at radius 3 is 2.73 bits per heavy atom. The molecule has 26 heavy (non-hydrogen) atoms. The summed E-state index contributed by atoms with van der Waals surface area (Å²) in [6.45, 7) is 5.21. The number of ether oxygens (including phenoxy) is 1. The summed E-state index contributed by atoms with van der Waals surface area (Å²) in [4.78, 5) is 2.50. The number of hydrogen-bond acceptors (Lipinski definition) is 5. The van der Waals surface area contributed by atoms with Crippen molar-refractivity contribution in [1.29, 1.82) is 0 Å². The van der Waals surface area contributed by atoms with Gasteiger partial charge in [0, 0.05) is 11.9 Å². The van der Waals surface area contributed by atoms with Crippen molar-refractivity contribution in [2.75, 3.05) is 26.7 Å². The van der Waals surface area contributed by atoms with E-state index in [2.05, 4.69) is 29.3 Å². The van der Waals surface area contributed by atoms with E-state index in [1.54, 1.807) is 13.4 Å². The molecular formula is C21H26N2O3. The average molecular weight is 354 g/mol. The maximum atomic E-state index is 6.08. The van der Waals surface area contributed by atoms with E-state index in [0.29, 0.717) is 0 Å². The molecule has 3 heterocycles. The van der Waals surface area contributed by atoms with Crippen molar-refractivity contribution in [3.05, 3.63) is 54.2 Å². The first kappa shape index (κ1) is 17.2. The van der Waals surface area contributed by atoms with E-state index >= 15 is 0 Å². The number of nitrogens with zero attached hydrogens (tertiary/aromatic N) is 1. The molecule has 1 aromatic carbocycles. The molecule has 4 rings (SSSR count). The van der Waals surface area contributed by atoms with Gasteiger partial charge in [0.2, 0.25) is 0 Å². The summed E-state index contributed by atoms with van der Waals surface area (Å²) in [5, 5.41) is 4.69. The highest BCUT2D eigenvalue weighted by atomic mass is 16.5. The normalized spacial score (nSPS) is 17.6. The molecule has 0 saturated carbocycles. The van der Waals surface area contributed by atoms with Gasteiger partial charge < -0.3 is 18.9 Å². The lowest BCUT2D eigenvalue weighted by molar-refractivity contribution is 0.204. The number of methoxy groups -OCH3 is 1. The third kappa shape index (κ3) is 3.37. The molecule has 138 valence electrons. The first-order valence-corrected chi connectivity index (χ1v) is 9.33. The zero-order valence-electron chi connectivity index (χ0n) is 15.4. The first-order chi connectivity index (χ1) is 12.8. The van der Waals surface area contributed by atoms with Crippen LogP contribution in [-0.2, 0) is 0 Å². The topological polar surface area (TPSA) is 50.8 Å². The first-order valence-electron chi connectivity index (χ1n) is 9.33. The summed E-state index contributed by atoms with van der Waals surface area (Å²) in [6.07, 6.45) is 4.28. The maximum Gasteiger partial charge on any atom is 0.176 e. The van der Waals surface area contributed by atoms with Crippen molar-refractivity contribution in [3.63, 3.8) is 0 Å². The zero-order valence-corrected chi connectivity index (χ0v) is 15.4. The van der Waals surface area contributed by atoms with Gasteiger partial charge in [0.1, 0.15) is 11.5 Å². The monoisotopic (exact) mass is 354 g/mol. The van der Waals surface area contributed by atoms with E-state index in [-0.39, 0.29) is 12.1 Å². The number of fused-ring (bicyclic) bond motifs is 1. The molecule has 1 saturated heterocycles. The number of furan rings is 2. The van der Waals surface area contributed by atoms with E-state index in [1.807, 2.05) is 24.3 Å².